The summed E-state index contributed by atoms with van der Waals surface area (Å²) in [5, 5.41) is 3.59. The number of aromatic nitrogens is 2. The molecular formula is C17H27N3O2S. The van der Waals surface area contributed by atoms with Crippen LogP contribution in [0.2, 0.25) is 0 Å². The fraction of sp³-hybridized carbons (Fsp3) is 0.706. The summed E-state index contributed by atoms with van der Waals surface area (Å²) < 4.78 is 5.84. The van der Waals surface area contributed by atoms with E-state index in [1.165, 1.54) is 43.9 Å². The quantitative estimate of drug-likeness (QED) is 0.449. The maximum atomic E-state index is 11.8. The minimum absolute atomic E-state index is 0.0235. The van der Waals surface area contributed by atoms with Crippen LogP contribution < -0.4 is 5.32 Å². The number of thioether (sulfide) groups is 1. The van der Waals surface area contributed by atoms with Gasteiger partial charge in [-0.1, -0.05) is 31.0 Å². The summed E-state index contributed by atoms with van der Waals surface area (Å²) in [5.41, 5.74) is 1.86. The van der Waals surface area contributed by atoms with Gasteiger partial charge < -0.3 is 10.1 Å². The van der Waals surface area contributed by atoms with Gasteiger partial charge in [0.1, 0.15) is 0 Å². The van der Waals surface area contributed by atoms with Crippen molar-refractivity contribution in [2.75, 3.05) is 18.9 Å². The van der Waals surface area contributed by atoms with Crippen molar-refractivity contribution >= 4 is 17.7 Å². The van der Waals surface area contributed by atoms with E-state index in [9.17, 15) is 4.79 Å². The first-order valence-corrected chi connectivity index (χ1v) is 9.45. The summed E-state index contributed by atoms with van der Waals surface area (Å²) in [7, 11) is 0. The van der Waals surface area contributed by atoms with Gasteiger partial charge in [-0.05, 0) is 39.2 Å². The highest BCUT2D eigenvalue weighted by molar-refractivity contribution is 7.99. The number of carbonyl (C=O) groups excluding carboxylic acids is 1. The van der Waals surface area contributed by atoms with E-state index in [4.69, 9.17) is 4.74 Å². The molecule has 1 fully saturated rings. The third-order valence-corrected chi connectivity index (χ3v) is 4.69. The second-order valence-electron chi connectivity index (χ2n) is 6.06. The molecular weight excluding hydrogens is 310 g/mol. The zero-order valence-corrected chi connectivity index (χ0v) is 15.0. The molecule has 0 radical (unpaired) electrons. The van der Waals surface area contributed by atoms with E-state index in [0.717, 1.165) is 24.4 Å². The molecule has 1 amide bonds. The highest BCUT2D eigenvalue weighted by atomic mass is 32.2. The fourth-order valence-corrected chi connectivity index (χ4v) is 3.50. The minimum Gasteiger partial charge on any atom is -0.378 e. The third kappa shape index (κ3) is 7.31. The molecule has 1 heterocycles. The molecule has 2 rings (SSSR count). The van der Waals surface area contributed by atoms with Crippen LogP contribution in [0.1, 0.15) is 49.9 Å². The predicted octanol–water partition coefficient (Wildman–Crippen LogP) is 3.04. The van der Waals surface area contributed by atoms with E-state index in [1.807, 2.05) is 19.9 Å². The Morgan fingerprint density at radius 2 is 1.96 bits per heavy atom. The average molecular weight is 337 g/mol. The Bertz CT molecular complexity index is 484. The zero-order valence-electron chi connectivity index (χ0n) is 14.1. The molecule has 0 aromatic carbocycles. The predicted molar refractivity (Wildman–Crippen MR) is 92.7 cm³/mol. The number of hydrogen-bond acceptors (Lipinski definition) is 5. The number of rotatable bonds is 8. The summed E-state index contributed by atoms with van der Waals surface area (Å²) in [6.07, 6.45) is 7.62. The Labute approximate surface area is 143 Å². The molecule has 6 heteroatoms. The van der Waals surface area contributed by atoms with Crippen molar-refractivity contribution in [1.29, 1.82) is 0 Å². The standard InChI is InChI=1S/C17H27N3O2S/c1-13-11-14(2)20-17(19-13)23-12-16(21)18-9-6-10-22-15-7-4-3-5-8-15/h11,15H,3-10,12H2,1-2H3,(H,18,21). The number of ether oxygens (including phenoxy) is 1. The molecule has 0 spiro atoms. The van der Waals surface area contributed by atoms with E-state index >= 15 is 0 Å². The summed E-state index contributed by atoms with van der Waals surface area (Å²) in [5.74, 6) is 0.377. The van der Waals surface area contributed by atoms with Gasteiger partial charge in [0.15, 0.2) is 5.16 Å². The summed E-state index contributed by atoms with van der Waals surface area (Å²) in [6.45, 7) is 5.27. The van der Waals surface area contributed by atoms with Crippen molar-refractivity contribution in [1.82, 2.24) is 15.3 Å². The monoisotopic (exact) mass is 337 g/mol. The fourth-order valence-electron chi connectivity index (χ4n) is 2.72. The number of nitrogens with one attached hydrogen (secondary N) is 1. The molecule has 128 valence electrons. The first kappa shape index (κ1) is 18.2. The van der Waals surface area contributed by atoms with Crippen LogP contribution in [0.3, 0.4) is 0 Å². The van der Waals surface area contributed by atoms with E-state index in [-0.39, 0.29) is 5.91 Å². The molecule has 23 heavy (non-hydrogen) atoms. The lowest BCUT2D eigenvalue weighted by molar-refractivity contribution is -0.118. The highest BCUT2D eigenvalue weighted by Crippen LogP contribution is 2.20. The minimum atomic E-state index is 0.0235. The lowest BCUT2D eigenvalue weighted by atomic mass is 9.98. The number of hydrogen-bond donors (Lipinski definition) is 1. The Balaban J connectivity index is 1.54. The van der Waals surface area contributed by atoms with Crippen molar-refractivity contribution in [2.24, 2.45) is 0 Å². The van der Waals surface area contributed by atoms with Gasteiger partial charge in [0.2, 0.25) is 5.91 Å². The second-order valence-corrected chi connectivity index (χ2v) is 7.00. The molecule has 0 unspecified atom stereocenters. The number of nitrogens with zero attached hydrogens (tertiary/aromatic N) is 2. The van der Waals surface area contributed by atoms with E-state index in [1.54, 1.807) is 0 Å². The third-order valence-electron chi connectivity index (χ3n) is 3.84. The van der Waals surface area contributed by atoms with Gasteiger partial charge in [-0.2, -0.15) is 0 Å². The second kappa shape index (κ2) is 9.88. The normalized spacial score (nSPS) is 15.6. The first-order valence-electron chi connectivity index (χ1n) is 8.47. The lowest BCUT2D eigenvalue weighted by Gasteiger charge is -2.21. The Hall–Kier alpha value is -1.14. The van der Waals surface area contributed by atoms with E-state index in [0.29, 0.717) is 23.6 Å². The Kier molecular flexibility index (Phi) is 7.82. The molecule has 1 N–H and O–H groups in total. The van der Waals surface area contributed by atoms with Gasteiger partial charge in [0.25, 0.3) is 0 Å². The first-order chi connectivity index (χ1) is 11.1. The molecule has 5 nitrogen and oxygen atoms in total. The molecule has 0 bridgehead atoms. The van der Waals surface area contributed by atoms with Crippen LogP contribution in [-0.2, 0) is 9.53 Å². The van der Waals surface area contributed by atoms with Crippen LogP contribution in [0.5, 0.6) is 0 Å². The highest BCUT2D eigenvalue weighted by Gasteiger charge is 2.13. The van der Waals surface area contributed by atoms with Gasteiger partial charge in [-0.25, -0.2) is 9.97 Å². The van der Waals surface area contributed by atoms with Crippen molar-refractivity contribution in [2.45, 2.75) is 63.6 Å². The zero-order chi connectivity index (χ0) is 16.5. The molecule has 1 saturated carbocycles. The van der Waals surface area contributed by atoms with Crippen molar-refractivity contribution in [3.8, 4) is 0 Å². The van der Waals surface area contributed by atoms with Gasteiger partial charge in [-0.3, -0.25) is 4.79 Å². The molecule has 0 aliphatic heterocycles. The molecule has 0 saturated heterocycles. The maximum Gasteiger partial charge on any atom is 0.230 e. The van der Waals surface area contributed by atoms with Gasteiger partial charge in [-0.15, -0.1) is 0 Å². The van der Waals surface area contributed by atoms with Gasteiger partial charge >= 0.3 is 0 Å². The molecule has 1 aliphatic carbocycles. The van der Waals surface area contributed by atoms with Gasteiger partial charge in [0.05, 0.1) is 11.9 Å². The van der Waals surface area contributed by atoms with Crippen LogP contribution in [0.4, 0.5) is 0 Å². The van der Waals surface area contributed by atoms with E-state index < -0.39 is 0 Å². The number of carbonyl (C=O) groups is 1. The van der Waals surface area contributed by atoms with Crippen molar-refractivity contribution in [3.63, 3.8) is 0 Å². The molecule has 1 aromatic heterocycles. The van der Waals surface area contributed by atoms with Crippen LogP contribution in [0.25, 0.3) is 0 Å². The number of amides is 1. The number of aryl methyl sites for hydroxylation is 2. The summed E-state index contributed by atoms with van der Waals surface area (Å²) >= 11 is 1.38. The van der Waals surface area contributed by atoms with Crippen LogP contribution in [0.15, 0.2) is 11.2 Å². The summed E-state index contributed by atoms with van der Waals surface area (Å²) in [4.78, 5) is 20.5. The lowest BCUT2D eigenvalue weighted by Crippen LogP contribution is -2.27. The maximum absolute atomic E-state index is 11.8. The van der Waals surface area contributed by atoms with Crippen LogP contribution in [0, 0.1) is 13.8 Å². The van der Waals surface area contributed by atoms with E-state index in [2.05, 4.69) is 15.3 Å². The van der Waals surface area contributed by atoms with Crippen molar-refractivity contribution in [3.05, 3.63) is 17.5 Å². The van der Waals surface area contributed by atoms with Gasteiger partial charge in [0, 0.05) is 24.5 Å². The summed E-state index contributed by atoms with van der Waals surface area (Å²) in [6, 6.07) is 1.93. The van der Waals surface area contributed by atoms with Crippen LogP contribution >= 0.6 is 11.8 Å². The Morgan fingerprint density at radius 3 is 2.65 bits per heavy atom. The topological polar surface area (TPSA) is 64.1 Å². The SMILES string of the molecule is Cc1cc(C)nc(SCC(=O)NCCCOC2CCCCC2)n1. The average Bonchev–Trinajstić information content (AvgIpc) is 2.53. The Morgan fingerprint density at radius 1 is 1.26 bits per heavy atom. The van der Waals surface area contributed by atoms with Crippen LogP contribution in [-0.4, -0.2) is 40.9 Å². The largest absolute Gasteiger partial charge is 0.378 e. The molecule has 1 aliphatic rings. The molecule has 0 atom stereocenters. The van der Waals surface area contributed by atoms with Crippen molar-refractivity contribution < 1.29 is 9.53 Å². The molecule has 1 aromatic rings. The smallest absolute Gasteiger partial charge is 0.230 e.